The molecule has 1 aliphatic carbocycles. The minimum Gasteiger partial charge on any atom is -0.278 e. The lowest BCUT2D eigenvalue weighted by Gasteiger charge is -2.37. The Morgan fingerprint density at radius 2 is 1.92 bits per heavy atom. The Labute approximate surface area is 145 Å². The van der Waals surface area contributed by atoms with Gasteiger partial charge in [-0.2, -0.15) is 0 Å². The van der Waals surface area contributed by atoms with Gasteiger partial charge in [-0.15, -0.1) is 11.3 Å². The lowest BCUT2D eigenvalue weighted by Crippen LogP contribution is -2.46. The summed E-state index contributed by atoms with van der Waals surface area (Å²) in [7, 11) is 0. The predicted molar refractivity (Wildman–Crippen MR) is 89.3 cm³/mol. The van der Waals surface area contributed by atoms with Crippen LogP contribution >= 0.6 is 11.3 Å². The minimum absolute atomic E-state index is 0.222. The topological polar surface area (TPSA) is 60.9 Å². The number of carbonyl (C=O) groups excluding carboxylic acids is 3. The first-order chi connectivity index (χ1) is 11.6. The maximum absolute atomic E-state index is 12.5. The second-order valence-corrected chi connectivity index (χ2v) is 7.76. The summed E-state index contributed by atoms with van der Waals surface area (Å²) in [5.74, 6) is -0.758. The third kappa shape index (κ3) is 2.46. The van der Waals surface area contributed by atoms with Crippen molar-refractivity contribution in [1.29, 1.82) is 0 Å². The van der Waals surface area contributed by atoms with Gasteiger partial charge in [0.05, 0.1) is 6.67 Å². The van der Waals surface area contributed by atoms with Crippen molar-refractivity contribution in [3.05, 3.63) is 21.9 Å². The molecule has 3 aliphatic rings. The molecule has 0 unspecified atom stereocenters. The van der Waals surface area contributed by atoms with Crippen LogP contribution in [0.4, 0.5) is 4.79 Å². The average Bonchev–Trinajstić information content (AvgIpc) is 3.27. The molecule has 1 saturated heterocycles. The lowest BCUT2D eigenvalue weighted by atomic mass is 9.96. The average molecular weight is 347 g/mol. The summed E-state index contributed by atoms with van der Waals surface area (Å²) in [6.45, 7) is 3.24. The quantitative estimate of drug-likeness (QED) is 0.605. The van der Waals surface area contributed by atoms with E-state index in [9.17, 15) is 14.4 Å². The van der Waals surface area contributed by atoms with Crippen LogP contribution in [0.25, 0.3) is 0 Å². The van der Waals surface area contributed by atoms with E-state index in [0.717, 1.165) is 22.8 Å². The van der Waals surface area contributed by atoms with Gasteiger partial charge in [0.15, 0.2) is 0 Å². The zero-order valence-electron chi connectivity index (χ0n) is 13.7. The zero-order valence-corrected chi connectivity index (χ0v) is 14.6. The van der Waals surface area contributed by atoms with Crippen LogP contribution < -0.4 is 0 Å². The van der Waals surface area contributed by atoms with Gasteiger partial charge in [0.25, 0.3) is 0 Å². The summed E-state index contributed by atoms with van der Waals surface area (Å²) in [6.07, 6.45) is 3.99. The van der Waals surface area contributed by atoms with Gasteiger partial charge < -0.3 is 0 Å². The van der Waals surface area contributed by atoms with Crippen molar-refractivity contribution >= 4 is 29.2 Å². The van der Waals surface area contributed by atoms with E-state index < -0.39 is 17.8 Å². The number of amides is 4. The van der Waals surface area contributed by atoms with E-state index in [-0.39, 0.29) is 12.7 Å². The standard InChI is InChI=1S/C17H21N3O3S/c1-2-7-19-15(21)16(22)20(17(19)23)10-18-8-5-13-12(6-9-24-13)14(18)11-3-4-11/h6,9,11,14H,2-5,7-8,10H2,1H3/t14-/m1/s1. The lowest BCUT2D eigenvalue weighted by molar-refractivity contribution is -0.144. The number of imide groups is 2. The van der Waals surface area contributed by atoms with Gasteiger partial charge in [-0.3, -0.25) is 19.4 Å². The van der Waals surface area contributed by atoms with Gasteiger partial charge in [0.2, 0.25) is 0 Å². The fraction of sp³-hybridized carbons (Fsp3) is 0.588. The third-order valence-electron chi connectivity index (χ3n) is 5.09. The Bertz CT molecular complexity index is 697. The zero-order chi connectivity index (χ0) is 16.8. The van der Waals surface area contributed by atoms with E-state index in [1.165, 1.54) is 23.3 Å². The maximum atomic E-state index is 12.5. The van der Waals surface area contributed by atoms with Gasteiger partial charge in [-0.25, -0.2) is 9.69 Å². The Morgan fingerprint density at radius 1 is 1.17 bits per heavy atom. The smallest absolute Gasteiger partial charge is 0.278 e. The number of thiophene rings is 1. The van der Waals surface area contributed by atoms with E-state index in [4.69, 9.17) is 0 Å². The first kappa shape index (κ1) is 15.8. The van der Waals surface area contributed by atoms with Crippen molar-refractivity contribution in [3.8, 4) is 0 Å². The summed E-state index contributed by atoms with van der Waals surface area (Å²) in [5, 5.41) is 2.13. The second-order valence-electron chi connectivity index (χ2n) is 6.76. The van der Waals surface area contributed by atoms with Crippen LogP contribution in [0.5, 0.6) is 0 Å². The Hall–Kier alpha value is -1.73. The molecule has 24 heavy (non-hydrogen) atoms. The van der Waals surface area contributed by atoms with Crippen molar-refractivity contribution in [2.45, 2.75) is 38.6 Å². The second kappa shape index (κ2) is 5.97. The fourth-order valence-electron chi connectivity index (χ4n) is 3.80. The number of rotatable bonds is 5. The van der Waals surface area contributed by atoms with Crippen LogP contribution in [0.1, 0.15) is 42.7 Å². The van der Waals surface area contributed by atoms with Gasteiger partial charge in [-0.05, 0) is 48.6 Å². The highest BCUT2D eigenvalue weighted by Gasteiger charge is 2.47. The molecule has 4 rings (SSSR count). The molecule has 0 spiro atoms. The largest absolute Gasteiger partial charge is 0.335 e. The highest BCUT2D eigenvalue weighted by atomic mass is 32.1. The number of carbonyl (C=O) groups is 3. The van der Waals surface area contributed by atoms with E-state index in [1.807, 2.05) is 6.92 Å². The molecule has 0 radical (unpaired) electrons. The summed E-state index contributed by atoms with van der Waals surface area (Å²) in [5.41, 5.74) is 1.35. The molecule has 128 valence electrons. The number of fused-ring (bicyclic) bond motifs is 1. The molecule has 1 saturated carbocycles. The predicted octanol–water partition coefficient (Wildman–Crippen LogP) is 2.22. The SMILES string of the molecule is CCCN1C(=O)C(=O)N(CN2CCc3sccc3[C@H]2C2CC2)C1=O. The number of hydrogen-bond donors (Lipinski definition) is 0. The summed E-state index contributed by atoms with van der Waals surface area (Å²) in [4.78, 5) is 42.6. The molecule has 1 aromatic rings. The van der Waals surface area contributed by atoms with Crippen molar-refractivity contribution in [1.82, 2.24) is 14.7 Å². The molecule has 2 fully saturated rings. The van der Waals surface area contributed by atoms with Gasteiger partial charge in [0, 0.05) is 24.0 Å². The van der Waals surface area contributed by atoms with E-state index in [0.29, 0.717) is 18.9 Å². The van der Waals surface area contributed by atoms with Gasteiger partial charge in [-0.1, -0.05) is 6.92 Å². The van der Waals surface area contributed by atoms with Gasteiger partial charge >= 0.3 is 17.8 Å². The van der Waals surface area contributed by atoms with Crippen molar-refractivity contribution < 1.29 is 14.4 Å². The molecular formula is C17H21N3O3S. The Kier molecular flexibility index (Phi) is 3.92. The monoisotopic (exact) mass is 347 g/mol. The number of nitrogens with zero attached hydrogens (tertiary/aromatic N) is 3. The highest BCUT2D eigenvalue weighted by Crippen LogP contribution is 2.48. The molecule has 1 aromatic heterocycles. The normalized spacial score (nSPS) is 24.9. The van der Waals surface area contributed by atoms with Gasteiger partial charge in [0.1, 0.15) is 0 Å². The third-order valence-corrected chi connectivity index (χ3v) is 6.09. The van der Waals surface area contributed by atoms with Crippen LogP contribution in [0.2, 0.25) is 0 Å². The maximum Gasteiger partial charge on any atom is 0.335 e. The number of urea groups is 1. The van der Waals surface area contributed by atoms with Crippen molar-refractivity contribution in [2.24, 2.45) is 5.92 Å². The molecule has 6 nitrogen and oxygen atoms in total. The molecule has 3 heterocycles. The molecule has 1 atom stereocenters. The minimum atomic E-state index is -0.682. The van der Waals surface area contributed by atoms with Crippen LogP contribution in [0, 0.1) is 5.92 Å². The molecular weight excluding hydrogens is 326 g/mol. The van der Waals surface area contributed by atoms with E-state index in [1.54, 1.807) is 11.3 Å². The van der Waals surface area contributed by atoms with E-state index >= 15 is 0 Å². The highest BCUT2D eigenvalue weighted by molar-refractivity contribution is 7.10. The molecule has 2 aliphatic heterocycles. The summed E-state index contributed by atoms with van der Waals surface area (Å²) in [6, 6.07) is 1.99. The summed E-state index contributed by atoms with van der Waals surface area (Å²) < 4.78 is 0. The molecule has 0 N–H and O–H groups in total. The van der Waals surface area contributed by atoms with Crippen LogP contribution in [-0.4, -0.2) is 52.3 Å². The number of hydrogen-bond acceptors (Lipinski definition) is 5. The first-order valence-electron chi connectivity index (χ1n) is 8.59. The van der Waals surface area contributed by atoms with Crippen LogP contribution in [0.3, 0.4) is 0 Å². The first-order valence-corrected chi connectivity index (χ1v) is 9.47. The fourth-order valence-corrected chi connectivity index (χ4v) is 4.71. The van der Waals surface area contributed by atoms with E-state index in [2.05, 4.69) is 16.3 Å². The molecule has 7 heteroatoms. The van der Waals surface area contributed by atoms with Crippen LogP contribution in [-0.2, 0) is 16.0 Å². The molecule has 0 aromatic carbocycles. The molecule has 0 bridgehead atoms. The Morgan fingerprint density at radius 3 is 2.62 bits per heavy atom. The van der Waals surface area contributed by atoms with Crippen LogP contribution in [0.15, 0.2) is 11.4 Å². The summed E-state index contributed by atoms with van der Waals surface area (Å²) >= 11 is 1.79. The van der Waals surface area contributed by atoms with Crippen molar-refractivity contribution in [2.75, 3.05) is 19.8 Å². The molecule has 4 amide bonds. The van der Waals surface area contributed by atoms with Crippen molar-refractivity contribution in [3.63, 3.8) is 0 Å². The Balaban J connectivity index is 1.55.